The summed E-state index contributed by atoms with van der Waals surface area (Å²) >= 11 is 0. The zero-order chi connectivity index (χ0) is 23.6. The van der Waals surface area contributed by atoms with Crippen LogP contribution in [0.2, 0.25) is 0 Å². The molecule has 6 N–H and O–H groups in total. The maximum absolute atomic E-state index is 13.6. The number of hydrogen-bond acceptors (Lipinski definition) is 8. The molecular formula is C23H28N4O5. The van der Waals surface area contributed by atoms with Crippen LogP contribution in [-0.4, -0.2) is 66.8 Å². The number of nitrogens with two attached hydrogens (primary N) is 2. The molecular weight excluding hydrogens is 412 g/mol. The van der Waals surface area contributed by atoms with Crippen LogP contribution in [-0.2, 0) is 20.8 Å². The predicted molar refractivity (Wildman–Crippen MR) is 120 cm³/mol. The van der Waals surface area contributed by atoms with Crippen molar-refractivity contribution in [2.75, 3.05) is 38.8 Å². The molecule has 1 aromatic carbocycles. The Balaban J connectivity index is 1.90. The number of primary amides is 1. The third-order valence-corrected chi connectivity index (χ3v) is 6.91. The molecule has 4 atom stereocenters. The predicted octanol–water partition coefficient (Wildman–Crippen LogP) is 0.792. The first-order valence-electron chi connectivity index (χ1n) is 10.5. The van der Waals surface area contributed by atoms with Crippen LogP contribution in [0, 0.1) is 17.8 Å². The van der Waals surface area contributed by atoms with Crippen LogP contribution in [0.4, 0.5) is 11.4 Å². The molecule has 1 aromatic rings. The van der Waals surface area contributed by atoms with Crippen molar-refractivity contribution in [1.82, 2.24) is 4.90 Å². The molecule has 0 aliphatic heterocycles. The van der Waals surface area contributed by atoms with Crippen LogP contribution >= 0.6 is 0 Å². The van der Waals surface area contributed by atoms with E-state index in [9.17, 15) is 24.6 Å². The minimum atomic E-state index is -1.19. The normalized spacial score (nSPS) is 27.3. The number of anilines is 2. The molecule has 1 fully saturated rings. The minimum Gasteiger partial charge on any atom is -0.510 e. The third kappa shape index (κ3) is 2.99. The highest BCUT2D eigenvalue weighted by Gasteiger charge is 2.55. The number of nitrogens with zero attached hydrogens (tertiary/aromatic N) is 2. The monoisotopic (exact) mass is 440 g/mol. The summed E-state index contributed by atoms with van der Waals surface area (Å²) in [4.78, 5) is 42.3. The lowest BCUT2D eigenvalue weighted by molar-refractivity contribution is -0.136. The van der Waals surface area contributed by atoms with Crippen LogP contribution in [0.5, 0.6) is 0 Å². The first-order chi connectivity index (χ1) is 15.0. The molecule has 0 spiro atoms. The maximum Gasteiger partial charge on any atom is 0.255 e. The molecule has 4 rings (SSSR count). The van der Waals surface area contributed by atoms with E-state index >= 15 is 0 Å². The number of allylic oxidation sites excluding steroid dienone is 1. The average Bonchev–Trinajstić information content (AvgIpc) is 2.67. The highest BCUT2D eigenvalue weighted by atomic mass is 16.3. The van der Waals surface area contributed by atoms with Gasteiger partial charge in [-0.1, -0.05) is 0 Å². The molecule has 0 bridgehead atoms. The minimum absolute atomic E-state index is 0.177. The second-order valence-electron chi connectivity index (χ2n) is 9.26. The van der Waals surface area contributed by atoms with Gasteiger partial charge in [0.25, 0.3) is 5.91 Å². The molecule has 0 radical (unpaired) electrons. The molecule has 0 aromatic heterocycles. The summed E-state index contributed by atoms with van der Waals surface area (Å²) < 4.78 is 0. The Bertz CT molecular complexity index is 1120. The van der Waals surface area contributed by atoms with Crippen molar-refractivity contribution in [3.63, 3.8) is 0 Å². The number of fused-ring (bicyclic) bond motifs is 3. The topological polar surface area (TPSA) is 150 Å². The lowest BCUT2D eigenvalue weighted by Gasteiger charge is -2.46. The zero-order valence-electron chi connectivity index (χ0n) is 18.5. The first kappa shape index (κ1) is 21.9. The van der Waals surface area contributed by atoms with Gasteiger partial charge in [0.15, 0.2) is 11.6 Å². The number of amides is 1. The second-order valence-corrected chi connectivity index (χ2v) is 9.26. The number of carbonyl (C=O) groups excluding carboxylic acids is 3. The zero-order valence-corrected chi connectivity index (χ0v) is 18.5. The summed E-state index contributed by atoms with van der Waals surface area (Å²) in [6, 6.07) is 2.74. The Kier molecular flexibility index (Phi) is 5.04. The number of hydrogen-bond donors (Lipinski definition) is 4. The van der Waals surface area contributed by atoms with Crippen LogP contribution in [0.3, 0.4) is 0 Å². The SMILES string of the molecule is CN(C)c1cc(N)cc2c1CC1CC3C(C(=O)C(C(N)=O)=C(O)C3N(C)C)C(=O)C1=C2O. The summed E-state index contributed by atoms with van der Waals surface area (Å²) in [5.74, 6) is -5.02. The summed E-state index contributed by atoms with van der Waals surface area (Å²) in [5, 5.41) is 21.9. The number of likely N-dealkylation sites (N-methyl/N-ethyl adjacent to an activating group) is 1. The third-order valence-electron chi connectivity index (χ3n) is 6.91. The van der Waals surface area contributed by atoms with Gasteiger partial charge in [-0.2, -0.15) is 0 Å². The number of aliphatic hydroxyl groups excluding tert-OH is 2. The number of rotatable bonds is 3. The standard InChI is InChI=1S/C23H28N4O5/c1-26(2)14-8-10(24)7-12-11(14)5-9-6-13-16(20(29)15(9)19(12)28)21(30)17(23(25)32)22(31)18(13)27(3)4/h7-9,13,16,18,28,31H,5-6,24H2,1-4H3,(H2,25,32). The number of benzene rings is 1. The Morgan fingerprint density at radius 2 is 1.75 bits per heavy atom. The van der Waals surface area contributed by atoms with E-state index in [0.29, 0.717) is 24.1 Å². The average molecular weight is 441 g/mol. The van der Waals surface area contributed by atoms with Crippen LogP contribution in [0.25, 0.3) is 5.76 Å². The number of nitrogen functional groups attached to an aromatic ring is 1. The van der Waals surface area contributed by atoms with Gasteiger partial charge in [-0.25, -0.2) is 0 Å². The van der Waals surface area contributed by atoms with E-state index in [4.69, 9.17) is 11.5 Å². The summed E-state index contributed by atoms with van der Waals surface area (Å²) in [6.07, 6.45) is 0.871. The first-order valence-corrected chi connectivity index (χ1v) is 10.5. The van der Waals surface area contributed by atoms with E-state index in [2.05, 4.69) is 0 Å². The van der Waals surface area contributed by atoms with Gasteiger partial charge in [-0.15, -0.1) is 0 Å². The van der Waals surface area contributed by atoms with Gasteiger partial charge in [0.1, 0.15) is 17.1 Å². The molecule has 32 heavy (non-hydrogen) atoms. The van der Waals surface area contributed by atoms with Gasteiger partial charge in [-0.3, -0.25) is 19.3 Å². The van der Waals surface area contributed by atoms with Crippen molar-refractivity contribution in [3.8, 4) is 0 Å². The van der Waals surface area contributed by atoms with Gasteiger partial charge in [0.2, 0.25) is 0 Å². The van der Waals surface area contributed by atoms with E-state index in [0.717, 1.165) is 11.3 Å². The summed E-state index contributed by atoms with van der Waals surface area (Å²) in [7, 11) is 7.18. The Morgan fingerprint density at radius 1 is 1.09 bits per heavy atom. The number of aliphatic hydroxyl groups is 2. The van der Waals surface area contributed by atoms with Gasteiger partial charge in [0.05, 0.1) is 12.0 Å². The molecule has 3 aliphatic carbocycles. The quantitative estimate of drug-likeness (QED) is 0.306. The smallest absolute Gasteiger partial charge is 0.255 e. The molecule has 0 saturated heterocycles. The molecule has 1 amide bonds. The Morgan fingerprint density at radius 3 is 2.31 bits per heavy atom. The van der Waals surface area contributed by atoms with Crippen molar-refractivity contribution in [2.45, 2.75) is 18.9 Å². The Hall–Kier alpha value is -3.33. The summed E-state index contributed by atoms with van der Waals surface area (Å²) in [6.45, 7) is 0. The van der Waals surface area contributed by atoms with Gasteiger partial charge in [-0.05, 0) is 56.5 Å². The van der Waals surface area contributed by atoms with E-state index in [-0.39, 0.29) is 17.3 Å². The molecule has 0 heterocycles. The fraction of sp³-hybridized carbons (Fsp3) is 0.435. The molecule has 4 unspecified atom stereocenters. The van der Waals surface area contributed by atoms with Gasteiger partial charge < -0.3 is 26.6 Å². The fourth-order valence-electron chi connectivity index (χ4n) is 5.67. The van der Waals surface area contributed by atoms with Crippen LogP contribution in [0.15, 0.2) is 29.0 Å². The van der Waals surface area contributed by atoms with Crippen molar-refractivity contribution in [3.05, 3.63) is 40.2 Å². The van der Waals surface area contributed by atoms with Crippen molar-refractivity contribution >= 4 is 34.6 Å². The molecule has 1 saturated carbocycles. The van der Waals surface area contributed by atoms with Crippen molar-refractivity contribution in [2.24, 2.45) is 23.5 Å². The lowest BCUT2D eigenvalue weighted by Crippen LogP contribution is -2.55. The van der Waals surface area contributed by atoms with E-state index in [1.54, 1.807) is 25.1 Å². The van der Waals surface area contributed by atoms with Gasteiger partial charge in [0, 0.05) is 36.6 Å². The highest BCUT2D eigenvalue weighted by molar-refractivity contribution is 6.28. The van der Waals surface area contributed by atoms with Gasteiger partial charge >= 0.3 is 0 Å². The molecule has 9 heteroatoms. The maximum atomic E-state index is 13.6. The van der Waals surface area contributed by atoms with E-state index < -0.39 is 46.7 Å². The van der Waals surface area contributed by atoms with E-state index in [1.807, 2.05) is 25.1 Å². The highest BCUT2D eigenvalue weighted by Crippen LogP contribution is 2.50. The van der Waals surface area contributed by atoms with Crippen LogP contribution in [0.1, 0.15) is 17.5 Å². The lowest BCUT2D eigenvalue weighted by atomic mass is 9.59. The van der Waals surface area contributed by atoms with Crippen LogP contribution < -0.4 is 16.4 Å². The van der Waals surface area contributed by atoms with E-state index in [1.165, 1.54) is 0 Å². The Labute approximate surface area is 186 Å². The number of Topliss-reactive ketones (excluding diaryl/α,β-unsaturated/α-hetero) is 2. The molecule has 3 aliphatic rings. The largest absolute Gasteiger partial charge is 0.510 e. The number of ketones is 2. The molecule has 170 valence electrons. The fourth-order valence-corrected chi connectivity index (χ4v) is 5.67. The summed E-state index contributed by atoms with van der Waals surface area (Å²) in [5.41, 5.74) is 13.7. The second kappa shape index (κ2) is 7.37. The van der Waals surface area contributed by atoms with Crippen molar-refractivity contribution in [1.29, 1.82) is 0 Å². The van der Waals surface area contributed by atoms with Crippen molar-refractivity contribution < 1.29 is 24.6 Å². The number of carbonyl (C=O) groups is 3. The molecule has 9 nitrogen and oxygen atoms in total.